The van der Waals surface area contributed by atoms with Crippen LogP contribution in [0.4, 0.5) is 14.5 Å². The number of aromatic carboxylic acids is 1. The number of carbonyl (C=O) groups excluding carboxylic acids is 1. The zero-order valence-electron chi connectivity index (χ0n) is 13.4. The first kappa shape index (κ1) is 17.3. The molecule has 0 aromatic heterocycles. The number of nitrogens with one attached hydrogen (secondary N) is 1. The first-order valence-electron chi connectivity index (χ1n) is 7.65. The van der Waals surface area contributed by atoms with Crippen LogP contribution in [0.3, 0.4) is 0 Å². The van der Waals surface area contributed by atoms with Gasteiger partial charge in [-0.05, 0) is 35.9 Å². The van der Waals surface area contributed by atoms with Gasteiger partial charge in [0.1, 0.15) is 0 Å². The summed E-state index contributed by atoms with van der Waals surface area (Å²) >= 11 is 0. The molecule has 0 saturated carbocycles. The molecule has 3 aromatic rings. The Balaban J connectivity index is 2.04. The standard InChI is InChI=1S/C20H13F2NO3/c21-16-8-4-7-14(18(16)22)13-9-10-15(20(25)26)17(11-13)23-19(24)12-5-2-1-3-6-12/h1-11H,(H,23,24)(H,25,26). The van der Waals surface area contributed by atoms with Crippen LogP contribution >= 0.6 is 0 Å². The smallest absolute Gasteiger partial charge is 0.337 e. The summed E-state index contributed by atoms with van der Waals surface area (Å²) in [5.74, 6) is -3.82. The highest BCUT2D eigenvalue weighted by Gasteiger charge is 2.17. The number of carboxylic acid groups (broad SMARTS) is 1. The minimum absolute atomic E-state index is 0.00693. The second kappa shape index (κ2) is 7.14. The lowest BCUT2D eigenvalue weighted by Gasteiger charge is -2.12. The van der Waals surface area contributed by atoms with E-state index in [1.54, 1.807) is 30.3 Å². The number of rotatable bonds is 4. The van der Waals surface area contributed by atoms with Gasteiger partial charge in [0.25, 0.3) is 5.91 Å². The van der Waals surface area contributed by atoms with Crippen LogP contribution in [-0.2, 0) is 0 Å². The van der Waals surface area contributed by atoms with Gasteiger partial charge in [-0.15, -0.1) is 0 Å². The molecule has 0 saturated heterocycles. The summed E-state index contributed by atoms with van der Waals surface area (Å²) < 4.78 is 27.5. The number of benzene rings is 3. The van der Waals surface area contributed by atoms with Gasteiger partial charge in [-0.1, -0.05) is 36.4 Å². The second-order valence-corrected chi connectivity index (χ2v) is 5.49. The lowest BCUT2D eigenvalue weighted by molar-refractivity contribution is 0.0698. The molecule has 0 aliphatic carbocycles. The molecule has 130 valence electrons. The van der Waals surface area contributed by atoms with Gasteiger partial charge in [0.15, 0.2) is 11.6 Å². The Bertz CT molecular complexity index is 988. The molecular formula is C20H13F2NO3. The number of amides is 1. The number of carbonyl (C=O) groups is 2. The summed E-state index contributed by atoms with van der Waals surface area (Å²) in [6, 6.07) is 15.9. The summed E-state index contributed by atoms with van der Waals surface area (Å²) in [5, 5.41) is 11.8. The van der Waals surface area contributed by atoms with Gasteiger partial charge in [0.05, 0.1) is 11.3 Å². The summed E-state index contributed by atoms with van der Waals surface area (Å²) in [6.45, 7) is 0. The van der Waals surface area contributed by atoms with Crippen LogP contribution in [0.1, 0.15) is 20.7 Å². The lowest BCUT2D eigenvalue weighted by atomic mass is 10.0. The largest absolute Gasteiger partial charge is 0.478 e. The molecule has 6 heteroatoms. The highest BCUT2D eigenvalue weighted by atomic mass is 19.2. The highest BCUT2D eigenvalue weighted by Crippen LogP contribution is 2.29. The molecule has 0 unspecified atom stereocenters. The molecule has 1 amide bonds. The van der Waals surface area contributed by atoms with E-state index in [4.69, 9.17) is 0 Å². The predicted molar refractivity (Wildman–Crippen MR) is 93.1 cm³/mol. The SMILES string of the molecule is O=C(Nc1cc(-c2cccc(F)c2F)ccc1C(=O)O)c1ccccc1. The molecule has 0 fully saturated rings. The van der Waals surface area contributed by atoms with Crippen molar-refractivity contribution in [2.75, 3.05) is 5.32 Å². The van der Waals surface area contributed by atoms with Crippen LogP contribution in [-0.4, -0.2) is 17.0 Å². The zero-order chi connectivity index (χ0) is 18.7. The minimum Gasteiger partial charge on any atom is -0.478 e. The monoisotopic (exact) mass is 353 g/mol. The molecule has 4 nitrogen and oxygen atoms in total. The molecule has 0 atom stereocenters. The zero-order valence-corrected chi connectivity index (χ0v) is 13.4. The van der Waals surface area contributed by atoms with Crippen molar-refractivity contribution in [1.82, 2.24) is 0 Å². The maximum Gasteiger partial charge on any atom is 0.337 e. The van der Waals surface area contributed by atoms with Crippen LogP contribution < -0.4 is 5.32 Å². The second-order valence-electron chi connectivity index (χ2n) is 5.49. The van der Waals surface area contributed by atoms with Gasteiger partial charge in [0, 0.05) is 11.1 Å². The molecular weight excluding hydrogens is 340 g/mol. The molecule has 0 aliphatic heterocycles. The minimum atomic E-state index is -1.25. The number of carboxylic acids is 1. The Labute approximate surface area is 147 Å². The van der Waals surface area contributed by atoms with Gasteiger partial charge in [-0.3, -0.25) is 4.79 Å². The third-order valence-corrected chi connectivity index (χ3v) is 3.80. The molecule has 26 heavy (non-hydrogen) atoms. The van der Waals surface area contributed by atoms with E-state index in [2.05, 4.69) is 5.32 Å². The molecule has 0 radical (unpaired) electrons. The van der Waals surface area contributed by atoms with Gasteiger partial charge >= 0.3 is 5.97 Å². The predicted octanol–water partition coefficient (Wildman–Crippen LogP) is 4.58. The summed E-state index contributed by atoms with van der Waals surface area (Å²) in [5.41, 5.74) is 0.390. The van der Waals surface area contributed by atoms with E-state index in [0.717, 1.165) is 6.07 Å². The fourth-order valence-electron chi connectivity index (χ4n) is 2.51. The number of hydrogen-bond donors (Lipinski definition) is 2. The molecule has 2 N–H and O–H groups in total. The van der Waals surface area contributed by atoms with Crippen molar-refractivity contribution in [3.63, 3.8) is 0 Å². The maximum absolute atomic E-state index is 14.0. The Kier molecular flexibility index (Phi) is 4.75. The topological polar surface area (TPSA) is 66.4 Å². The van der Waals surface area contributed by atoms with Crippen molar-refractivity contribution in [2.24, 2.45) is 0 Å². The van der Waals surface area contributed by atoms with Crippen molar-refractivity contribution in [2.45, 2.75) is 0 Å². The average Bonchev–Trinajstić information content (AvgIpc) is 2.64. The van der Waals surface area contributed by atoms with E-state index < -0.39 is 23.5 Å². The fourth-order valence-corrected chi connectivity index (χ4v) is 2.51. The quantitative estimate of drug-likeness (QED) is 0.721. The average molecular weight is 353 g/mol. The Morgan fingerprint density at radius 1 is 0.885 bits per heavy atom. The van der Waals surface area contributed by atoms with E-state index in [0.29, 0.717) is 5.56 Å². The van der Waals surface area contributed by atoms with E-state index >= 15 is 0 Å². The first-order chi connectivity index (χ1) is 12.5. The molecule has 0 aliphatic rings. The first-order valence-corrected chi connectivity index (χ1v) is 7.65. The Morgan fingerprint density at radius 3 is 2.31 bits per heavy atom. The van der Waals surface area contributed by atoms with Gasteiger partial charge < -0.3 is 10.4 Å². The Morgan fingerprint density at radius 2 is 1.62 bits per heavy atom. The summed E-state index contributed by atoms with van der Waals surface area (Å²) in [4.78, 5) is 23.7. The van der Waals surface area contributed by atoms with Crippen molar-refractivity contribution in [1.29, 1.82) is 0 Å². The molecule has 0 heterocycles. The van der Waals surface area contributed by atoms with Crippen molar-refractivity contribution in [3.05, 3.63) is 89.5 Å². The lowest BCUT2D eigenvalue weighted by Crippen LogP contribution is -2.14. The van der Waals surface area contributed by atoms with E-state index in [-0.39, 0.29) is 22.4 Å². The fraction of sp³-hybridized carbons (Fsp3) is 0. The summed E-state index contributed by atoms with van der Waals surface area (Å²) in [6.07, 6.45) is 0. The number of hydrogen-bond acceptors (Lipinski definition) is 2. The van der Waals surface area contributed by atoms with Crippen molar-refractivity contribution in [3.8, 4) is 11.1 Å². The number of anilines is 1. The maximum atomic E-state index is 14.0. The van der Waals surface area contributed by atoms with E-state index in [9.17, 15) is 23.5 Å². The van der Waals surface area contributed by atoms with E-state index in [1.807, 2.05) is 0 Å². The molecule has 3 aromatic carbocycles. The molecule has 0 spiro atoms. The van der Waals surface area contributed by atoms with Crippen LogP contribution in [0.25, 0.3) is 11.1 Å². The highest BCUT2D eigenvalue weighted by molar-refractivity contribution is 6.08. The number of halogens is 2. The van der Waals surface area contributed by atoms with Gasteiger partial charge in [-0.2, -0.15) is 0 Å². The van der Waals surface area contributed by atoms with Gasteiger partial charge in [-0.25, -0.2) is 13.6 Å². The van der Waals surface area contributed by atoms with Crippen LogP contribution in [0.15, 0.2) is 66.7 Å². The normalized spacial score (nSPS) is 10.4. The van der Waals surface area contributed by atoms with Crippen LogP contribution in [0, 0.1) is 11.6 Å². The molecule has 0 bridgehead atoms. The van der Waals surface area contributed by atoms with Gasteiger partial charge in [0.2, 0.25) is 0 Å². The van der Waals surface area contributed by atoms with Crippen LogP contribution in [0.2, 0.25) is 0 Å². The van der Waals surface area contributed by atoms with E-state index in [1.165, 1.54) is 30.3 Å². The van der Waals surface area contributed by atoms with Crippen molar-refractivity contribution < 1.29 is 23.5 Å². The third kappa shape index (κ3) is 3.44. The Hall–Kier alpha value is -3.54. The van der Waals surface area contributed by atoms with Crippen molar-refractivity contribution >= 4 is 17.6 Å². The summed E-state index contributed by atoms with van der Waals surface area (Å²) in [7, 11) is 0. The molecule has 3 rings (SSSR count). The third-order valence-electron chi connectivity index (χ3n) is 3.80. The van der Waals surface area contributed by atoms with Crippen LogP contribution in [0.5, 0.6) is 0 Å².